The molecule has 0 saturated heterocycles. The van der Waals surface area contributed by atoms with Gasteiger partial charge in [0.05, 0.1) is 26.4 Å². The lowest BCUT2D eigenvalue weighted by molar-refractivity contribution is -0.154. The van der Waals surface area contributed by atoms with Crippen LogP contribution in [0.1, 0.15) is 232 Å². The fraction of sp³-hybridized carbons (Fsp3) is 0.768. The Morgan fingerprint density at radius 1 is 0.485 bits per heavy atom. The molecule has 0 fully saturated rings. The van der Waals surface area contributed by atoms with Gasteiger partial charge in [0.15, 0.2) is 0 Å². The molecule has 0 aliphatic rings. The molecule has 0 aromatic heterocycles. The summed E-state index contributed by atoms with van der Waals surface area (Å²) in [5.74, 6) is -0.388. The number of ether oxygens (including phenoxy) is 2. The average Bonchev–Trinajstić information content (AvgIpc) is 3.31. The lowest BCUT2D eigenvalue weighted by Crippen LogP contribution is -2.29. The van der Waals surface area contributed by atoms with E-state index in [1.807, 2.05) is 0 Å². The Bertz CT molecular complexity index is 1260. The first kappa shape index (κ1) is 63.9. The monoisotopic (exact) mass is 949 g/mol. The van der Waals surface area contributed by atoms with Crippen molar-refractivity contribution in [2.45, 2.75) is 244 Å². The molecule has 66 heavy (non-hydrogen) atoms. The van der Waals surface area contributed by atoms with Gasteiger partial charge in [-0.1, -0.05) is 234 Å². The Hall–Kier alpha value is -2.10. The molecule has 0 aromatic rings. The second kappa shape index (κ2) is 52.3. The Morgan fingerprint density at radius 3 is 1.30 bits per heavy atom. The van der Waals surface area contributed by atoms with Crippen LogP contribution in [0.5, 0.6) is 0 Å². The van der Waals surface area contributed by atoms with E-state index in [0.717, 1.165) is 96.3 Å². The van der Waals surface area contributed by atoms with Gasteiger partial charge in [-0.15, -0.1) is 0 Å². The van der Waals surface area contributed by atoms with Gasteiger partial charge >= 0.3 is 13.8 Å². The third kappa shape index (κ3) is 51.3. The number of phosphoric acid groups is 1. The Kier molecular flexibility index (Phi) is 50.6. The molecule has 0 aliphatic carbocycles. The molecule has 0 bridgehead atoms. The zero-order valence-corrected chi connectivity index (χ0v) is 43.3. The number of hydrogen-bond acceptors (Lipinski definition) is 8. The number of carbonyl (C=O) groups is 1. The summed E-state index contributed by atoms with van der Waals surface area (Å²) in [4.78, 5) is 22.7. The minimum absolute atomic E-state index is 0.0347. The van der Waals surface area contributed by atoms with E-state index in [4.69, 9.17) is 23.6 Å². The highest BCUT2D eigenvalue weighted by molar-refractivity contribution is 7.47. The maximum Gasteiger partial charge on any atom is 0.472 e. The highest BCUT2D eigenvalue weighted by Crippen LogP contribution is 2.43. The van der Waals surface area contributed by atoms with Crippen molar-refractivity contribution in [3.8, 4) is 0 Å². The standard InChI is InChI=1S/C56H101O9P/c1-3-5-7-9-11-13-15-17-19-21-23-25-26-27-29-31-33-35-37-39-41-43-45-47-49-62-52-55(53-64-66(60,61)63-51-54(58)50-57)65-56(59)48-46-44-42-40-38-36-34-32-30-28-24-22-20-18-16-14-12-10-8-6-4-2/h5,7,11,13,17,19,23,25,27,29,33,35,54-55,57-58H,3-4,6,8-10,12,14-16,18,20-22,24,26,28,30-32,34,36-53H2,1-2H3,(H,60,61)/b7-5-,13-11-,19-17-,25-23-,29-27-,35-33-. The van der Waals surface area contributed by atoms with Crippen molar-refractivity contribution in [2.75, 3.05) is 33.0 Å². The van der Waals surface area contributed by atoms with Crippen LogP contribution in [-0.4, -0.2) is 66.3 Å². The van der Waals surface area contributed by atoms with E-state index in [-0.39, 0.29) is 25.6 Å². The third-order valence-electron chi connectivity index (χ3n) is 11.4. The summed E-state index contributed by atoms with van der Waals surface area (Å²) in [5.41, 5.74) is 0. The van der Waals surface area contributed by atoms with E-state index in [2.05, 4.69) is 86.8 Å². The average molecular weight is 949 g/mol. The molecule has 0 radical (unpaired) electrons. The molecule has 384 valence electrons. The van der Waals surface area contributed by atoms with Crippen molar-refractivity contribution in [1.29, 1.82) is 0 Å². The maximum absolute atomic E-state index is 12.7. The van der Waals surface area contributed by atoms with Gasteiger partial charge in [0.25, 0.3) is 0 Å². The number of rotatable bonds is 51. The summed E-state index contributed by atoms with van der Waals surface area (Å²) in [6.45, 7) is 3.39. The van der Waals surface area contributed by atoms with Gasteiger partial charge < -0.3 is 24.6 Å². The van der Waals surface area contributed by atoms with Crippen LogP contribution in [0, 0.1) is 0 Å². The summed E-state index contributed by atoms with van der Waals surface area (Å²) in [6, 6.07) is 0. The molecule has 3 unspecified atom stereocenters. The molecular weight excluding hydrogens is 848 g/mol. The number of aliphatic hydroxyl groups is 2. The van der Waals surface area contributed by atoms with E-state index in [1.165, 1.54) is 116 Å². The van der Waals surface area contributed by atoms with Gasteiger partial charge in [-0.2, -0.15) is 0 Å². The molecule has 0 rings (SSSR count). The SMILES string of the molecule is CC/C=C\C/C=C\C/C=C\C/C=C\C/C=C\C/C=C\CCCCCCCOCC(COP(=O)(O)OCC(O)CO)OC(=O)CCCCCCCCCCCCCCCCCCCCCCC. The zero-order chi connectivity index (χ0) is 48.1. The van der Waals surface area contributed by atoms with Crippen LogP contribution in [0.15, 0.2) is 72.9 Å². The molecule has 0 saturated carbocycles. The Labute approximate surface area is 405 Å². The second-order valence-corrected chi connectivity index (χ2v) is 19.3. The lowest BCUT2D eigenvalue weighted by Gasteiger charge is -2.20. The Morgan fingerprint density at radius 2 is 0.864 bits per heavy atom. The minimum atomic E-state index is -4.53. The first-order chi connectivity index (χ1) is 32.3. The van der Waals surface area contributed by atoms with E-state index in [9.17, 15) is 19.4 Å². The highest BCUT2D eigenvalue weighted by atomic mass is 31.2. The lowest BCUT2D eigenvalue weighted by atomic mass is 10.0. The number of carbonyl (C=O) groups excluding carboxylic acids is 1. The highest BCUT2D eigenvalue weighted by Gasteiger charge is 2.26. The van der Waals surface area contributed by atoms with Crippen LogP contribution < -0.4 is 0 Å². The van der Waals surface area contributed by atoms with Crippen molar-refractivity contribution >= 4 is 13.8 Å². The maximum atomic E-state index is 12.7. The predicted octanol–water partition coefficient (Wildman–Crippen LogP) is 16.0. The van der Waals surface area contributed by atoms with Crippen LogP contribution in [0.4, 0.5) is 0 Å². The van der Waals surface area contributed by atoms with Crippen LogP contribution in [0.25, 0.3) is 0 Å². The molecule has 0 spiro atoms. The number of hydrogen-bond donors (Lipinski definition) is 3. The summed E-state index contributed by atoms with van der Waals surface area (Å²) in [7, 11) is -4.53. The van der Waals surface area contributed by atoms with Crippen LogP contribution >= 0.6 is 7.82 Å². The molecule has 9 nitrogen and oxygen atoms in total. The Balaban J connectivity index is 4.10. The van der Waals surface area contributed by atoms with Crippen molar-refractivity contribution < 1.29 is 43.0 Å². The molecule has 10 heteroatoms. The van der Waals surface area contributed by atoms with Crippen LogP contribution in [0.3, 0.4) is 0 Å². The molecular formula is C56H101O9P. The fourth-order valence-electron chi connectivity index (χ4n) is 7.36. The fourth-order valence-corrected chi connectivity index (χ4v) is 8.15. The normalized spacial score (nSPS) is 14.3. The van der Waals surface area contributed by atoms with Gasteiger partial charge in [-0.3, -0.25) is 13.8 Å². The van der Waals surface area contributed by atoms with Crippen molar-refractivity contribution in [1.82, 2.24) is 0 Å². The summed E-state index contributed by atoms with van der Waals surface area (Å²) >= 11 is 0. The predicted molar refractivity (Wildman–Crippen MR) is 279 cm³/mol. The van der Waals surface area contributed by atoms with Crippen molar-refractivity contribution in [3.63, 3.8) is 0 Å². The van der Waals surface area contributed by atoms with E-state index < -0.39 is 33.2 Å². The summed E-state index contributed by atoms with van der Waals surface area (Å²) in [6.07, 6.45) is 64.4. The van der Waals surface area contributed by atoms with Gasteiger partial charge in [-0.05, 0) is 64.2 Å². The van der Waals surface area contributed by atoms with Crippen LogP contribution in [0.2, 0.25) is 0 Å². The molecule has 0 heterocycles. The largest absolute Gasteiger partial charge is 0.472 e. The van der Waals surface area contributed by atoms with Crippen molar-refractivity contribution in [3.05, 3.63) is 72.9 Å². The molecule has 0 aliphatic heterocycles. The third-order valence-corrected chi connectivity index (χ3v) is 12.4. The number of allylic oxidation sites excluding steroid dienone is 12. The molecule has 0 amide bonds. The van der Waals surface area contributed by atoms with Crippen LogP contribution in [-0.2, 0) is 27.9 Å². The topological polar surface area (TPSA) is 132 Å². The van der Waals surface area contributed by atoms with Gasteiger partial charge in [0.1, 0.15) is 12.2 Å². The molecule has 3 atom stereocenters. The first-order valence-corrected chi connectivity index (χ1v) is 28.4. The van der Waals surface area contributed by atoms with Gasteiger partial charge in [0.2, 0.25) is 0 Å². The van der Waals surface area contributed by atoms with E-state index in [0.29, 0.717) is 6.61 Å². The second-order valence-electron chi connectivity index (χ2n) is 17.9. The van der Waals surface area contributed by atoms with Gasteiger partial charge in [-0.25, -0.2) is 4.57 Å². The number of phosphoric ester groups is 1. The zero-order valence-electron chi connectivity index (χ0n) is 42.4. The number of unbranched alkanes of at least 4 members (excludes halogenated alkanes) is 25. The quantitative estimate of drug-likeness (QED) is 0.0236. The first-order valence-electron chi connectivity index (χ1n) is 26.9. The van der Waals surface area contributed by atoms with E-state index in [1.54, 1.807) is 0 Å². The van der Waals surface area contributed by atoms with Gasteiger partial charge in [0, 0.05) is 13.0 Å². The summed E-state index contributed by atoms with van der Waals surface area (Å²) in [5, 5.41) is 18.4. The molecule has 3 N–H and O–H groups in total. The number of aliphatic hydroxyl groups excluding tert-OH is 2. The smallest absolute Gasteiger partial charge is 0.457 e. The number of esters is 1. The van der Waals surface area contributed by atoms with E-state index >= 15 is 0 Å². The molecule has 0 aromatic carbocycles. The summed E-state index contributed by atoms with van der Waals surface area (Å²) < 4.78 is 33.6. The minimum Gasteiger partial charge on any atom is -0.457 e. The van der Waals surface area contributed by atoms with Crippen molar-refractivity contribution in [2.24, 2.45) is 0 Å².